The lowest BCUT2D eigenvalue weighted by Crippen LogP contribution is -2.46. The maximum Gasteiger partial charge on any atom is 0.238 e. The molecule has 0 aromatic heterocycles. The molecule has 0 saturated carbocycles. The Balaban J connectivity index is 1.80. The number of hydrogen-bond donors (Lipinski definition) is 2. The van der Waals surface area contributed by atoms with Crippen molar-refractivity contribution in [2.24, 2.45) is 0 Å². The lowest BCUT2D eigenvalue weighted by molar-refractivity contribution is -0.117. The van der Waals surface area contributed by atoms with Crippen LogP contribution in [0.2, 0.25) is 0 Å². The topological polar surface area (TPSA) is 77.4 Å². The third-order valence-electron chi connectivity index (χ3n) is 3.02. The number of hydrogen-bond acceptors (Lipinski definition) is 5. The Morgan fingerprint density at radius 2 is 2.05 bits per heavy atom. The SMILES string of the molecule is N#CCOc1ccc(NC(=O)CN2CCNCC2)cc1. The van der Waals surface area contributed by atoms with Gasteiger partial charge in [0.1, 0.15) is 11.8 Å². The van der Waals surface area contributed by atoms with Crippen LogP contribution >= 0.6 is 0 Å². The van der Waals surface area contributed by atoms with E-state index in [0.29, 0.717) is 12.3 Å². The van der Waals surface area contributed by atoms with E-state index in [2.05, 4.69) is 15.5 Å². The molecule has 0 spiro atoms. The second-order valence-electron chi connectivity index (χ2n) is 4.55. The summed E-state index contributed by atoms with van der Waals surface area (Å²) in [5.74, 6) is 0.601. The fourth-order valence-corrected chi connectivity index (χ4v) is 2.02. The van der Waals surface area contributed by atoms with Crippen molar-refractivity contribution in [1.82, 2.24) is 10.2 Å². The predicted molar refractivity (Wildman–Crippen MR) is 75.5 cm³/mol. The van der Waals surface area contributed by atoms with Crippen molar-refractivity contribution in [2.75, 3.05) is 44.6 Å². The number of carbonyl (C=O) groups is 1. The van der Waals surface area contributed by atoms with Gasteiger partial charge < -0.3 is 15.4 Å². The van der Waals surface area contributed by atoms with Crippen molar-refractivity contribution < 1.29 is 9.53 Å². The molecule has 1 saturated heterocycles. The van der Waals surface area contributed by atoms with Gasteiger partial charge in [-0.25, -0.2) is 0 Å². The minimum atomic E-state index is -0.0161. The summed E-state index contributed by atoms with van der Waals surface area (Å²) >= 11 is 0. The molecule has 6 heteroatoms. The lowest BCUT2D eigenvalue weighted by atomic mass is 10.3. The molecule has 1 aliphatic heterocycles. The molecule has 2 rings (SSSR count). The molecule has 1 aliphatic rings. The molecule has 0 bridgehead atoms. The number of rotatable bonds is 5. The standard InChI is InChI=1S/C14H18N4O2/c15-5-10-20-13-3-1-12(2-4-13)17-14(19)11-18-8-6-16-7-9-18/h1-4,16H,6-11H2,(H,17,19). The molecule has 1 amide bonds. The van der Waals surface area contributed by atoms with Gasteiger partial charge in [-0.2, -0.15) is 5.26 Å². The van der Waals surface area contributed by atoms with E-state index >= 15 is 0 Å². The van der Waals surface area contributed by atoms with Gasteiger partial charge in [0.2, 0.25) is 5.91 Å². The molecule has 0 unspecified atom stereocenters. The zero-order valence-corrected chi connectivity index (χ0v) is 11.3. The number of nitriles is 1. The summed E-state index contributed by atoms with van der Waals surface area (Å²) in [4.78, 5) is 14.0. The van der Waals surface area contributed by atoms with Gasteiger partial charge in [-0.05, 0) is 24.3 Å². The molecule has 1 fully saturated rings. The number of ether oxygens (including phenoxy) is 1. The Morgan fingerprint density at radius 1 is 1.35 bits per heavy atom. The number of piperazine rings is 1. The second kappa shape index (κ2) is 7.48. The highest BCUT2D eigenvalue weighted by atomic mass is 16.5. The van der Waals surface area contributed by atoms with Gasteiger partial charge in [-0.1, -0.05) is 0 Å². The summed E-state index contributed by atoms with van der Waals surface area (Å²) in [6.07, 6.45) is 0. The van der Waals surface area contributed by atoms with Crippen LogP contribution in [0.15, 0.2) is 24.3 Å². The van der Waals surface area contributed by atoms with Crippen LogP contribution < -0.4 is 15.4 Å². The van der Waals surface area contributed by atoms with Crippen LogP contribution in [0, 0.1) is 11.3 Å². The summed E-state index contributed by atoms with van der Waals surface area (Å²) in [6, 6.07) is 8.91. The summed E-state index contributed by atoms with van der Waals surface area (Å²) in [5.41, 5.74) is 0.731. The minimum absolute atomic E-state index is 0.0161. The molecule has 2 N–H and O–H groups in total. The zero-order chi connectivity index (χ0) is 14.2. The van der Waals surface area contributed by atoms with Gasteiger partial charge in [-0.15, -0.1) is 0 Å². The van der Waals surface area contributed by atoms with Crippen LogP contribution in [0.25, 0.3) is 0 Å². The Labute approximate surface area is 118 Å². The van der Waals surface area contributed by atoms with Gasteiger partial charge in [0, 0.05) is 31.9 Å². The summed E-state index contributed by atoms with van der Waals surface area (Å²) in [5, 5.41) is 14.5. The fourth-order valence-electron chi connectivity index (χ4n) is 2.02. The van der Waals surface area contributed by atoms with Gasteiger partial charge in [-0.3, -0.25) is 9.69 Å². The number of nitrogens with one attached hydrogen (secondary N) is 2. The normalized spacial score (nSPS) is 15.3. The molecular weight excluding hydrogens is 256 g/mol. The summed E-state index contributed by atoms with van der Waals surface area (Å²) < 4.78 is 5.15. The van der Waals surface area contributed by atoms with Crippen molar-refractivity contribution in [1.29, 1.82) is 5.26 Å². The van der Waals surface area contributed by atoms with Crippen LogP contribution in [-0.2, 0) is 4.79 Å². The largest absolute Gasteiger partial charge is 0.479 e. The van der Waals surface area contributed by atoms with E-state index in [9.17, 15) is 4.79 Å². The number of amides is 1. The number of anilines is 1. The van der Waals surface area contributed by atoms with Crippen molar-refractivity contribution in [2.45, 2.75) is 0 Å². The first-order valence-corrected chi connectivity index (χ1v) is 6.60. The molecular formula is C14H18N4O2. The van der Waals surface area contributed by atoms with Gasteiger partial charge in [0.25, 0.3) is 0 Å². The first-order chi connectivity index (χ1) is 9.78. The molecule has 106 valence electrons. The molecule has 20 heavy (non-hydrogen) atoms. The molecule has 0 atom stereocenters. The van der Waals surface area contributed by atoms with E-state index < -0.39 is 0 Å². The van der Waals surface area contributed by atoms with Gasteiger partial charge in [0.05, 0.1) is 6.54 Å². The first-order valence-electron chi connectivity index (χ1n) is 6.60. The van der Waals surface area contributed by atoms with Crippen molar-refractivity contribution in [3.8, 4) is 11.8 Å². The maximum absolute atomic E-state index is 11.9. The Hall–Kier alpha value is -2.10. The van der Waals surface area contributed by atoms with Crippen molar-refractivity contribution in [3.63, 3.8) is 0 Å². The van der Waals surface area contributed by atoms with Crippen LogP contribution in [0.5, 0.6) is 5.75 Å². The highest BCUT2D eigenvalue weighted by Crippen LogP contribution is 2.15. The van der Waals surface area contributed by atoms with Crippen LogP contribution in [0.3, 0.4) is 0 Å². The summed E-state index contributed by atoms with van der Waals surface area (Å²) in [6.45, 7) is 4.09. The summed E-state index contributed by atoms with van der Waals surface area (Å²) in [7, 11) is 0. The smallest absolute Gasteiger partial charge is 0.238 e. The van der Waals surface area contributed by atoms with E-state index in [4.69, 9.17) is 10.00 Å². The van der Waals surface area contributed by atoms with E-state index in [1.807, 2.05) is 6.07 Å². The van der Waals surface area contributed by atoms with Crippen molar-refractivity contribution in [3.05, 3.63) is 24.3 Å². The highest BCUT2D eigenvalue weighted by molar-refractivity contribution is 5.92. The molecule has 0 radical (unpaired) electrons. The number of nitrogens with zero attached hydrogens (tertiary/aromatic N) is 2. The third-order valence-corrected chi connectivity index (χ3v) is 3.02. The fraction of sp³-hybridized carbons (Fsp3) is 0.429. The minimum Gasteiger partial charge on any atom is -0.479 e. The zero-order valence-electron chi connectivity index (χ0n) is 11.3. The number of carbonyl (C=O) groups excluding carboxylic acids is 1. The molecule has 1 aromatic rings. The maximum atomic E-state index is 11.9. The monoisotopic (exact) mass is 274 g/mol. The Morgan fingerprint density at radius 3 is 2.70 bits per heavy atom. The Kier molecular flexibility index (Phi) is 5.35. The molecule has 6 nitrogen and oxygen atoms in total. The van der Waals surface area contributed by atoms with Crippen LogP contribution in [0.4, 0.5) is 5.69 Å². The third kappa shape index (κ3) is 4.53. The van der Waals surface area contributed by atoms with Gasteiger partial charge in [0.15, 0.2) is 6.61 Å². The number of benzene rings is 1. The average molecular weight is 274 g/mol. The van der Waals surface area contributed by atoms with E-state index in [-0.39, 0.29) is 12.5 Å². The van der Waals surface area contributed by atoms with E-state index in [1.165, 1.54) is 0 Å². The van der Waals surface area contributed by atoms with E-state index in [1.54, 1.807) is 24.3 Å². The first kappa shape index (κ1) is 14.3. The quantitative estimate of drug-likeness (QED) is 0.814. The van der Waals surface area contributed by atoms with Gasteiger partial charge >= 0.3 is 0 Å². The molecule has 1 heterocycles. The Bertz CT molecular complexity index is 475. The highest BCUT2D eigenvalue weighted by Gasteiger charge is 2.13. The second-order valence-corrected chi connectivity index (χ2v) is 4.55. The van der Waals surface area contributed by atoms with E-state index in [0.717, 1.165) is 31.9 Å². The van der Waals surface area contributed by atoms with Crippen molar-refractivity contribution >= 4 is 11.6 Å². The van der Waals surface area contributed by atoms with Crippen LogP contribution in [0.1, 0.15) is 0 Å². The molecule has 0 aliphatic carbocycles. The van der Waals surface area contributed by atoms with Crippen LogP contribution in [-0.4, -0.2) is 50.1 Å². The molecule has 1 aromatic carbocycles. The average Bonchev–Trinajstić information content (AvgIpc) is 2.47. The predicted octanol–water partition coefficient (Wildman–Crippen LogP) is 0.433. The lowest BCUT2D eigenvalue weighted by Gasteiger charge is -2.26.